The van der Waals surface area contributed by atoms with E-state index in [4.69, 9.17) is 4.74 Å². The van der Waals surface area contributed by atoms with Crippen LogP contribution in [-0.2, 0) is 0 Å². The molecule has 3 nitrogen and oxygen atoms in total. The van der Waals surface area contributed by atoms with Crippen molar-refractivity contribution in [1.82, 2.24) is 0 Å². The fourth-order valence-corrected chi connectivity index (χ4v) is 2.21. The van der Waals surface area contributed by atoms with Gasteiger partial charge in [0, 0.05) is 11.5 Å². The van der Waals surface area contributed by atoms with Gasteiger partial charge < -0.3 is 15.2 Å². The van der Waals surface area contributed by atoms with E-state index in [1.807, 2.05) is 13.8 Å². The summed E-state index contributed by atoms with van der Waals surface area (Å²) in [5.41, 5.74) is 0.207. The number of ether oxygens (including phenoxy) is 1. The third-order valence-electron chi connectivity index (χ3n) is 3.82. The molecule has 0 saturated heterocycles. The Morgan fingerprint density at radius 2 is 2.00 bits per heavy atom. The minimum atomic E-state index is -4.36. The number of aliphatic hydroxyl groups excluding tert-OH is 1. The largest absolute Gasteiger partial charge is 0.482 e. The summed E-state index contributed by atoms with van der Waals surface area (Å²) in [5, 5.41) is 12.8. The summed E-state index contributed by atoms with van der Waals surface area (Å²) in [4.78, 5) is 0. The number of aliphatic hydroxyl groups is 1. The molecule has 1 aromatic carbocycles. The topological polar surface area (TPSA) is 41.5 Å². The molecule has 1 saturated carbocycles. The number of hydrogen-bond donors (Lipinski definition) is 2. The van der Waals surface area contributed by atoms with Crippen molar-refractivity contribution in [2.75, 3.05) is 11.9 Å². The van der Waals surface area contributed by atoms with E-state index in [-0.39, 0.29) is 17.2 Å². The Labute approximate surface area is 115 Å². The maximum absolute atomic E-state index is 12.2. The van der Waals surface area contributed by atoms with Crippen molar-refractivity contribution in [2.45, 2.75) is 38.6 Å². The lowest BCUT2D eigenvalue weighted by Crippen LogP contribution is -2.56. The van der Waals surface area contributed by atoms with E-state index in [2.05, 4.69) is 5.32 Å². The summed E-state index contributed by atoms with van der Waals surface area (Å²) >= 11 is 0. The van der Waals surface area contributed by atoms with Gasteiger partial charge in [0.05, 0.1) is 11.8 Å². The number of benzene rings is 1. The molecular formula is C14H18F3NO2. The van der Waals surface area contributed by atoms with Crippen molar-refractivity contribution in [3.63, 3.8) is 0 Å². The van der Waals surface area contributed by atoms with E-state index in [0.717, 1.165) is 0 Å². The van der Waals surface area contributed by atoms with Gasteiger partial charge in [-0.25, -0.2) is 0 Å². The number of halogens is 3. The van der Waals surface area contributed by atoms with E-state index in [1.54, 1.807) is 18.2 Å². The van der Waals surface area contributed by atoms with Crippen molar-refractivity contribution < 1.29 is 23.0 Å². The summed E-state index contributed by atoms with van der Waals surface area (Å²) in [7, 11) is 0. The van der Waals surface area contributed by atoms with Crippen molar-refractivity contribution in [3.8, 4) is 5.75 Å². The smallest absolute Gasteiger partial charge is 0.422 e. The first kappa shape index (κ1) is 15.0. The maximum atomic E-state index is 12.2. The summed E-state index contributed by atoms with van der Waals surface area (Å²) in [6.45, 7) is 2.51. The maximum Gasteiger partial charge on any atom is 0.422 e. The van der Waals surface area contributed by atoms with Gasteiger partial charge in [-0.1, -0.05) is 26.0 Å². The number of rotatable bonds is 4. The molecule has 0 spiro atoms. The normalized spacial score (nSPS) is 24.9. The first-order valence-electron chi connectivity index (χ1n) is 6.43. The highest BCUT2D eigenvalue weighted by molar-refractivity contribution is 5.57. The van der Waals surface area contributed by atoms with Gasteiger partial charge in [0.25, 0.3) is 0 Å². The second-order valence-corrected chi connectivity index (χ2v) is 5.67. The van der Waals surface area contributed by atoms with Crippen LogP contribution in [0.5, 0.6) is 5.75 Å². The van der Waals surface area contributed by atoms with Crippen LogP contribution in [0.25, 0.3) is 0 Å². The molecular weight excluding hydrogens is 271 g/mol. The summed E-state index contributed by atoms with van der Waals surface area (Å²) < 4.78 is 41.4. The fourth-order valence-electron chi connectivity index (χ4n) is 2.21. The number of nitrogens with one attached hydrogen (secondary N) is 1. The van der Waals surface area contributed by atoms with Crippen LogP contribution >= 0.6 is 0 Å². The number of alkyl halides is 3. The van der Waals surface area contributed by atoms with Crippen LogP contribution in [0.2, 0.25) is 0 Å². The second kappa shape index (κ2) is 5.16. The number of para-hydroxylation sites is 2. The molecule has 20 heavy (non-hydrogen) atoms. The predicted molar refractivity (Wildman–Crippen MR) is 69.8 cm³/mol. The van der Waals surface area contributed by atoms with Crippen molar-refractivity contribution in [2.24, 2.45) is 5.41 Å². The van der Waals surface area contributed by atoms with Crippen LogP contribution in [0.3, 0.4) is 0 Å². The summed E-state index contributed by atoms with van der Waals surface area (Å²) in [6, 6.07) is 6.53. The SMILES string of the molecule is CC1(C)C(O)CC1Nc1ccccc1OCC(F)(F)F. The highest BCUT2D eigenvalue weighted by Gasteiger charge is 2.47. The molecule has 1 aliphatic carbocycles. The van der Waals surface area contributed by atoms with Crippen LogP contribution < -0.4 is 10.1 Å². The van der Waals surface area contributed by atoms with Crippen LogP contribution in [0.1, 0.15) is 20.3 Å². The molecule has 112 valence electrons. The van der Waals surface area contributed by atoms with Gasteiger partial charge in [-0.15, -0.1) is 0 Å². The molecule has 2 atom stereocenters. The minimum Gasteiger partial charge on any atom is -0.482 e. The lowest BCUT2D eigenvalue weighted by atomic mass is 9.64. The van der Waals surface area contributed by atoms with E-state index in [9.17, 15) is 18.3 Å². The van der Waals surface area contributed by atoms with Crippen molar-refractivity contribution >= 4 is 5.69 Å². The van der Waals surface area contributed by atoms with Crippen molar-refractivity contribution in [3.05, 3.63) is 24.3 Å². The first-order valence-corrected chi connectivity index (χ1v) is 6.43. The van der Waals surface area contributed by atoms with Crippen molar-refractivity contribution in [1.29, 1.82) is 0 Å². The molecule has 0 aromatic heterocycles. The molecule has 1 aliphatic rings. The summed E-state index contributed by atoms with van der Waals surface area (Å²) in [6.07, 6.45) is -4.19. The molecule has 2 rings (SSSR count). The molecule has 0 aliphatic heterocycles. The average molecular weight is 289 g/mol. The lowest BCUT2D eigenvalue weighted by Gasteiger charge is -2.50. The molecule has 2 N–H and O–H groups in total. The van der Waals surface area contributed by atoms with Gasteiger partial charge in [0.15, 0.2) is 6.61 Å². The molecule has 0 bridgehead atoms. The minimum absolute atomic E-state index is 0.00753. The zero-order valence-electron chi connectivity index (χ0n) is 11.4. The second-order valence-electron chi connectivity index (χ2n) is 5.67. The van der Waals surface area contributed by atoms with Crippen LogP contribution in [0.4, 0.5) is 18.9 Å². The fraction of sp³-hybridized carbons (Fsp3) is 0.571. The number of hydrogen-bond acceptors (Lipinski definition) is 3. The molecule has 6 heteroatoms. The Morgan fingerprint density at radius 1 is 1.35 bits per heavy atom. The van der Waals surface area contributed by atoms with Gasteiger partial charge in [0.2, 0.25) is 0 Å². The van der Waals surface area contributed by atoms with Crippen LogP contribution in [0.15, 0.2) is 24.3 Å². The standard InChI is InChI=1S/C14H18F3NO2/c1-13(2)11(7-12(13)19)18-9-5-3-4-6-10(9)20-8-14(15,16)17/h3-6,11-12,18-19H,7-8H2,1-2H3. The molecule has 1 fully saturated rings. The third kappa shape index (κ3) is 3.17. The zero-order valence-corrected chi connectivity index (χ0v) is 11.4. The van der Waals surface area contributed by atoms with Gasteiger partial charge >= 0.3 is 6.18 Å². The Kier molecular flexibility index (Phi) is 3.86. The Morgan fingerprint density at radius 3 is 2.55 bits per heavy atom. The molecule has 1 aromatic rings. The van der Waals surface area contributed by atoms with E-state index >= 15 is 0 Å². The monoisotopic (exact) mass is 289 g/mol. The van der Waals surface area contributed by atoms with Crippen LogP contribution in [0, 0.1) is 5.41 Å². The lowest BCUT2D eigenvalue weighted by molar-refractivity contribution is -0.153. The molecule has 2 unspecified atom stereocenters. The average Bonchev–Trinajstić information content (AvgIpc) is 2.36. The van der Waals surface area contributed by atoms with E-state index in [0.29, 0.717) is 12.1 Å². The molecule has 0 radical (unpaired) electrons. The number of anilines is 1. The van der Waals surface area contributed by atoms with Crippen LogP contribution in [-0.4, -0.2) is 30.0 Å². The zero-order chi connectivity index (χ0) is 15.0. The Hall–Kier alpha value is -1.43. The molecule has 0 heterocycles. The van der Waals surface area contributed by atoms with E-state index in [1.165, 1.54) is 6.07 Å². The highest BCUT2D eigenvalue weighted by Crippen LogP contribution is 2.43. The predicted octanol–water partition coefficient (Wildman–Crippen LogP) is 3.20. The summed E-state index contributed by atoms with van der Waals surface area (Å²) in [5.74, 6) is 0.169. The third-order valence-corrected chi connectivity index (χ3v) is 3.82. The van der Waals surface area contributed by atoms with Gasteiger partial charge in [-0.05, 0) is 18.6 Å². The quantitative estimate of drug-likeness (QED) is 0.894. The van der Waals surface area contributed by atoms with E-state index < -0.39 is 18.9 Å². The molecule has 0 amide bonds. The first-order chi connectivity index (χ1) is 9.20. The Balaban J connectivity index is 2.05. The van der Waals surface area contributed by atoms with Gasteiger partial charge in [0.1, 0.15) is 5.75 Å². The van der Waals surface area contributed by atoms with Gasteiger partial charge in [-0.2, -0.15) is 13.2 Å². The highest BCUT2D eigenvalue weighted by atomic mass is 19.4. The van der Waals surface area contributed by atoms with Gasteiger partial charge in [-0.3, -0.25) is 0 Å². The Bertz CT molecular complexity index is 474.